The van der Waals surface area contributed by atoms with Crippen molar-refractivity contribution in [3.8, 4) is 0 Å². The Balaban J connectivity index is 1.31. The summed E-state index contributed by atoms with van der Waals surface area (Å²) in [6.07, 6.45) is 4.85. The van der Waals surface area contributed by atoms with Crippen molar-refractivity contribution in [2.45, 2.75) is 57.8 Å². The number of hydrazone groups is 1. The molecule has 1 saturated heterocycles. The van der Waals surface area contributed by atoms with Gasteiger partial charge in [0.25, 0.3) is 5.91 Å². The zero-order valence-corrected chi connectivity index (χ0v) is 19.7. The van der Waals surface area contributed by atoms with Gasteiger partial charge in [0.1, 0.15) is 0 Å². The van der Waals surface area contributed by atoms with Gasteiger partial charge in [-0.15, -0.1) is 0 Å². The molecule has 1 aliphatic heterocycles. The molecule has 1 aromatic rings. The summed E-state index contributed by atoms with van der Waals surface area (Å²) >= 11 is 0. The highest BCUT2D eigenvalue weighted by molar-refractivity contribution is 7.89. The molecule has 1 heterocycles. The highest BCUT2D eigenvalue weighted by Crippen LogP contribution is 2.63. The molecule has 0 aromatic heterocycles. The van der Waals surface area contributed by atoms with Crippen molar-refractivity contribution >= 4 is 27.6 Å². The highest BCUT2D eigenvalue weighted by Gasteiger charge is 2.60. The number of ether oxygens (including phenoxy) is 1. The summed E-state index contributed by atoms with van der Waals surface area (Å²) in [5.74, 6) is -0.604. The predicted octanol–water partition coefficient (Wildman–Crippen LogP) is 2.95. The fourth-order valence-electron chi connectivity index (χ4n) is 5.31. The van der Waals surface area contributed by atoms with Gasteiger partial charge in [-0.3, -0.25) is 4.79 Å². The third-order valence-electron chi connectivity index (χ3n) is 7.95. The van der Waals surface area contributed by atoms with Crippen molar-refractivity contribution in [3.05, 3.63) is 29.8 Å². The van der Waals surface area contributed by atoms with E-state index in [4.69, 9.17) is 4.74 Å². The number of esters is 1. The second-order valence-electron chi connectivity index (χ2n) is 9.80. The van der Waals surface area contributed by atoms with Crippen LogP contribution in [0.5, 0.6) is 0 Å². The van der Waals surface area contributed by atoms with Gasteiger partial charge in [-0.2, -0.15) is 9.41 Å². The zero-order valence-electron chi connectivity index (χ0n) is 18.9. The van der Waals surface area contributed by atoms with Crippen LogP contribution in [-0.2, 0) is 19.6 Å². The third kappa shape index (κ3) is 3.85. The SMILES string of the molecule is CC12CCC(C/C1=N/NC(=O)COC(=O)c1ccc(S(=O)(=O)N3CCCC3)cc1)C2(C)C. The number of nitrogens with one attached hydrogen (secondary N) is 1. The minimum atomic E-state index is -3.54. The molecule has 2 atom stereocenters. The summed E-state index contributed by atoms with van der Waals surface area (Å²) in [6, 6.07) is 5.60. The summed E-state index contributed by atoms with van der Waals surface area (Å²) in [4.78, 5) is 24.6. The molecule has 1 aromatic carbocycles. The standard InChI is InChI=1S/C23H31N3O5S/c1-22(2)17-10-11-23(22,3)19(14-17)24-25-20(27)15-31-21(28)16-6-8-18(9-7-16)32(29,30)26-12-4-5-13-26/h6-9,17H,4-5,10-15H2,1-3H3,(H,25,27)/b24-19-. The van der Waals surface area contributed by atoms with Crippen LogP contribution in [0.25, 0.3) is 0 Å². The molecule has 9 heteroatoms. The summed E-state index contributed by atoms with van der Waals surface area (Å²) in [6.45, 7) is 7.31. The third-order valence-corrected chi connectivity index (χ3v) is 9.87. The van der Waals surface area contributed by atoms with Gasteiger partial charge >= 0.3 is 5.97 Å². The fraction of sp³-hybridized carbons (Fsp3) is 0.609. The van der Waals surface area contributed by atoms with Crippen molar-refractivity contribution < 1.29 is 22.7 Å². The molecular formula is C23H31N3O5S. The Morgan fingerprint density at radius 3 is 2.38 bits per heavy atom. The molecular weight excluding hydrogens is 430 g/mol. The second kappa shape index (κ2) is 8.26. The maximum atomic E-state index is 12.6. The van der Waals surface area contributed by atoms with Crippen LogP contribution >= 0.6 is 0 Å². The van der Waals surface area contributed by atoms with E-state index in [0.29, 0.717) is 19.0 Å². The van der Waals surface area contributed by atoms with Crippen molar-refractivity contribution in [2.24, 2.45) is 21.8 Å². The lowest BCUT2D eigenvalue weighted by Crippen LogP contribution is -2.34. The number of sulfonamides is 1. The van der Waals surface area contributed by atoms with E-state index in [1.54, 1.807) is 0 Å². The largest absolute Gasteiger partial charge is 0.452 e. The Kier molecular flexibility index (Phi) is 5.92. The molecule has 8 nitrogen and oxygen atoms in total. The Morgan fingerprint density at radius 2 is 1.81 bits per heavy atom. The fourth-order valence-corrected chi connectivity index (χ4v) is 6.83. The zero-order chi connectivity index (χ0) is 23.1. The molecule has 1 amide bonds. The molecule has 1 N–H and O–H groups in total. The molecule has 174 valence electrons. The molecule has 2 unspecified atom stereocenters. The Bertz CT molecular complexity index is 1040. The molecule has 4 rings (SSSR count). The van der Waals surface area contributed by atoms with E-state index in [-0.39, 0.29) is 21.3 Å². The van der Waals surface area contributed by atoms with Crippen molar-refractivity contribution in [1.82, 2.24) is 9.73 Å². The maximum Gasteiger partial charge on any atom is 0.338 e. The van der Waals surface area contributed by atoms with Crippen molar-refractivity contribution in [1.29, 1.82) is 0 Å². The second-order valence-corrected chi connectivity index (χ2v) is 11.7. The van der Waals surface area contributed by atoms with E-state index in [2.05, 4.69) is 31.3 Å². The average Bonchev–Trinajstić information content (AvgIpc) is 3.43. The topological polar surface area (TPSA) is 105 Å². The lowest BCUT2D eigenvalue weighted by Gasteiger charge is -2.34. The van der Waals surface area contributed by atoms with Crippen LogP contribution in [0.3, 0.4) is 0 Å². The average molecular weight is 462 g/mol. The Morgan fingerprint density at radius 1 is 1.16 bits per heavy atom. The lowest BCUT2D eigenvalue weighted by atomic mass is 9.70. The van der Waals surface area contributed by atoms with Crippen LogP contribution in [-0.4, -0.2) is 50.0 Å². The smallest absolute Gasteiger partial charge is 0.338 e. The normalized spacial score (nSPS) is 28.2. The molecule has 32 heavy (non-hydrogen) atoms. The van der Waals surface area contributed by atoms with Gasteiger partial charge < -0.3 is 4.74 Å². The van der Waals surface area contributed by atoms with Crippen LogP contribution in [0.15, 0.2) is 34.3 Å². The van der Waals surface area contributed by atoms with Crippen LogP contribution < -0.4 is 5.43 Å². The van der Waals surface area contributed by atoms with E-state index >= 15 is 0 Å². The monoisotopic (exact) mass is 461 g/mol. The van der Waals surface area contributed by atoms with E-state index in [0.717, 1.165) is 31.4 Å². The molecule has 3 aliphatic rings. The molecule has 2 saturated carbocycles. The number of carbonyl (C=O) groups excluding carboxylic acids is 2. The van der Waals surface area contributed by atoms with Crippen molar-refractivity contribution in [2.75, 3.05) is 19.7 Å². The van der Waals surface area contributed by atoms with Gasteiger partial charge in [0.05, 0.1) is 10.5 Å². The number of nitrogens with zero attached hydrogens (tertiary/aromatic N) is 2. The van der Waals surface area contributed by atoms with Gasteiger partial charge in [0.15, 0.2) is 6.61 Å². The number of benzene rings is 1. The number of amides is 1. The van der Waals surface area contributed by atoms with Gasteiger partial charge in [-0.1, -0.05) is 20.8 Å². The van der Waals surface area contributed by atoms with Gasteiger partial charge in [-0.05, 0) is 67.7 Å². The van der Waals surface area contributed by atoms with Crippen molar-refractivity contribution in [3.63, 3.8) is 0 Å². The molecule has 3 fully saturated rings. The highest BCUT2D eigenvalue weighted by atomic mass is 32.2. The summed E-state index contributed by atoms with van der Waals surface area (Å²) in [5, 5.41) is 4.35. The predicted molar refractivity (Wildman–Crippen MR) is 120 cm³/mol. The molecule has 2 aliphatic carbocycles. The number of carbonyl (C=O) groups is 2. The van der Waals surface area contributed by atoms with E-state index in [1.807, 2.05) is 0 Å². The molecule has 2 bridgehead atoms. The number of hydrogen-bond donors (Lipinski definition) is 1. The van der Waals surface area contributed by atoms with Gasteiger partial charge in [0.2, 0.25) is 10.0 Å². The first kappa shape index (κ1) is 22.9. The molecule has 0 radical (unpaired) electrons. The van der Waals surface area contributed by atoms with Crippen LogP contribution in [0.1, 0.15) is 63.2 Å². The quantitative estimate of drug-likeness (QED) is 0.518. The maximum absolute atomic E-state index is 12.6. The summed E-state index contributed by atoms with van der Waals surface area (Å²) in [5.41, 5.74) is 3.87. The number of fused-ring (bicyclic) bond motifs is 2. The van der Waals surface area contributed by atoms with Crippen LogP contribution in [0.4, 0.5) is 0 Å². The van der Waals surface area contributed by atoms with E-state index in [9.17, 15) is 18.0 Å². The first-order valence-electron chi connectivity index (χ1n) is 11.2. The van der Waals surface area contributed by atoms with Gasteiger partial charge in [0, 0.05) is 24.2 Å². The lowest BCUT2D eigenvalue weighted by molar-refractivity contribution is -0.124. The number of rotatable bonds is 6. The van der Waals surface area contributed by atoms with E-state index in [1.165, 1.54) is 35.0 Å². The first-order valence-corrected chi connectivity index (χ1v) is 12.6. The first-order chi connectivity index (χ1) is 15.1. The van der Waals surface area contributed by atoms with Crippen LogP contribution in [0, 0.1) is 16.7 Å². The van der Waals surface area contributed by atoms with Gasteiger partial charge in [-0.25, -0.2) is 18.6 Å². The Hall–Kier alpha value is -2.26. The van der Waals surface area contributed by atoms with E-state index < -0.39 is 28.5 Å². The van der Waals surface area contributed by atoms with Crippen LogP contribution in [0.2, 0.25) is 0 Å². The Labute approximate surface area is 189 Å². The minimum absolute atomic E-state index is 0.0151. The minimum Gasteiger partial charge on any atom is -0.452 e. The summed E-state index contributed by atoms with van der Waals surface area (Å²) < 4.78 is 31.7. The molecule has 0 spiro atoms. The summed E-state index contributed by atoms with van der Waals surface area (Å²) in [7, 11) is -3.54. The number of hydrogen-bond acceptors (Lipinski definition) is 6.